The number of rotatable bonds is 5. The fourth-order valence-electron chi connectivity index (χ4n) is 2.58. The first-order valence-corrected chi connectivity index (χ1v) is 7.86. The lowest BCUT2D eigenvalue weighted by molar-refractivity contribution is -0.124. The van der Waals surface area contributed by atoms with Gasteiger partial charge in [-0.05, 0) is 57.9 Å². The first kappa shape index (κ1) is 18.8. The standard InChI is InChI=1S/C17H26N2O2.ClH/c1-12(2)21-15-9-7-14(8-10-15)13(3)19-17(20)16-6-4-5-11-18-16;/h7-10,12-13,16,18H,4-6,11H2,1-3H3,(H,19,20);1H. The number of carbonyl (C=O) groups is 1. The minimum Gasteiger partial charge on any atom is -0.491 e. The van der Waals surface area contributed by atoms with Crippen LogP contribution in [-0.4, -0.2) is 24.6 Å². The van der Waals surface area contributed by atoms with Crippen LogP contribution < -0.4 is 15.4 Å². The van der Waals surface area contributed by atoms with Crippen molar-refractivity contribution >= 4 is 18.3 Å². The number of hydrogen-bond acceptors (Lipinski definition) is 3. The summed E-state index contributed by atoms with van der Waals surface area (Å²) < 4.78 is 5.63. The Hall–Kier alpha value is -1.26. The van der Waals surface area contributed by atoms with Gasteiger partial charge in [-0.25, -0.2) is 0 Å². The number of halogens is 1. The predicted molar refractivity (Wildman–Crippen MR) is 91.7 cm³/mol. The van der Waals surface area contributed by atoms with Gasteiger partial charge in [0.2, 0.25) is 5.91 Å². The molecule has 1 aliphatic rings. The Kier molecular flexibility index (Phi) is 7.69. The van der Waals surface area contributed by atoms with Crippen LogP contribution in [0.1, 0.15) is 51.6 Å². The van der Waals surface area contributed by atoms with Gasteiger partial charge in [-0.1, -0.05) is 18.6 Å². The Morgan fingerprint density at radius 3 is 2.45 bits per heavy atom. The van der Waals surface area contributed by atoms with E-state index in [1.54, 1.807) is 0 Å². The molecule has 1 aromatic rings. The van der Waals surface area contributed by atoms with Crippen LogP contribution in [0.2, 0.25) is 0 Å². The van der Waals surface area contributed by atoms with Crippen molar-refractivity contribution in [2.45, 2.75) is 58.2 Å². The second-order valence-electron chi connectivity index (χ2n) is 5.97. The third kappa shape index (κ3) is 5.50. The number of ether oxygens (including phenoxy) is 1. The monoisotopic (exact) mass is 326 g/mol. The molecule has 2 rings (SSSR count). The molecular weight excluding hydrogens is 300 g/mol. The number of hydrogen-bond donors (Lipinski definition) is 2. The largest absolute Gasteiger partial charge is 0.491 e. The van der Waals surface area contributed by atoms with E-state index in [2.05, 4.69) is 10.6 Å². The zero-order chi connectivity index (χ0) is 15.2. The van der Waals surface area contributed by atoms with E-state index >= 15 is 0 Å². The summed E-state index contributed by atoms with van der Waals surface area (Å²) in [6.45, 7) is 6.97. The average molecular weight is 327 g/mol. The smallest absolute Gasteiger partial charge is 0.237 e. The number of carbonyl (C=O) groups excluding carboxylic acids is 1. The maximum Gasteiger partial charge on any atom is 0.237 e. The highest BCUT2D eigenvalue weighted by Gasteiger charge is 2.21. The van der Waals surface area contributed by atoms with Gasteiger partial charge in [0.15, 0.2) is 0 Å². The van der Waals surface area contributed by atoms with Crippen molar-refractivity contribution in [3.8, 4) is 5.75 Å². The summed E-state index contributed by atoms with van der Waals surface area (Å²) in [5, 5.41) is 6.36. The lowest BCUT2D eigenvalue weighted by atomic mass is 10.0. The molecule has 2 atom stereocenters. The molecule has 1 saturated heterocycles. The summed E-state index contributed by atoms with van der Waals surface area (Å²) in [6, 6.07) is 7.90. The number of amides is 1. The quantitative estimate of drug-likeness (QED) is 0.873. The van der Waals surface area contributed by atoms with Crippen LogP contribution in [0.15, 0.2) is 24.3 Å². The summed E-state index contributed by atoms with van der Waals surface area (Å²) in [7, 11) is 0. The fourth-order valence-corrected chi connectivity index (χ4v) is 2.58. The van der Waals surface area contributed by atoms with Crippen LogP contribution >= 0.6 is 12.4 Å². The van der Waals surface area contributed by atoms with Crippen molar-refractivity contribution in [1.82, 2.24) is 10.6 Å². The Labute approximate surface area is 139 Å². The normalized spacial score (nSPS) is 19.2. The first-order chi connectivity index (χ1) is 10.1. The molecule has 0 aromatic heterocycles. The molecule has 4 nitrogen and oxygen atoms in total. The van der Waals surface area contributed by atoms with E-state index < -0.39 is 0 Å². The van der Waals surface area contributed by atoms with E-state index in [0.29, 0.717) is 0 Å². The molecule has 22 heavy (non-hydrogen) atoms. The van der Waals surface area contributed by atoms with E-state index in [4.69, 9.17) is 4.74 Å². The minimum absolute atomic E-state index is 0. The predicted octanol–water partition coefficient (Wildman–Crippen LogP) is 3.21. The SMILES string of the molecule is CC(C)Oc1ccc(C(C)NC(=O)C2CCCCN2)cc1.Cl. The summed E-state index contributed by atoms with van der Waals surface area (Å²) in [5.41, 5.74) is 1.09. The van der Waals surface area contributed by atoms with Crippen molar-refractivity contribution in [3.05, 3.63) is 29.8 Å². The molecule has 1 amide bonds. The Morgan fingerprint density at radius 2 is 1.91 bits per heavy atom. The molecule has 2 N–H and O–H groups in total. The highest BCUT2D eigenvalue weighted by atomic mass is 35.5. The number of benzene rings is 1. The van der Waals surface area contributed by atoms with Gasteiger partial charge >= 0.3 is 0 Å². The Morgan fingerprint density at radius 1 is 1.23 bits per heavy atom. The first-order valence-electron chi connectivity index (χ1n) is 7.86. The van der Waals surface area contributed by atoms with E-state index in [0.717, 1.165) is 37.1 Å². The van der Waals surface area contributed by atoms with Crippen molar-refractivity contribution < 1.29 is 9.53 Å². The molecule has 0 saturated carbocycles. The molecule has 0 bridgehead atoms. The van der Waals surface area contributed by atoms with Gasteiger partial charge in [0, 0.05) is 0 Å². The number of nitrogens with one attached hydrogen (secondary N) is 2. The van der Waals surface area contributed by atoms with Gasteiger partial charge < -0.3 is 15.4 Å². The summed E-state index contributed by atoms with van der Waals surface area (Å²) in [5.74, 6) is 0.964. The molecule has 1 aromatic carbocycles. The van der Waals surface area contributed by atoms with Crippen LogP contribution in [0, 0.1) is 0 Å². The highest BCUT2D eigenvalue weighted by Crippen LogP contribution is 2.19. The second kappa shape index (κ2) is 9.01. The topological polar surface area (TPSA) is 50.4 Å². The van der Waals surface area contributed by atoms with Crippen molar-refractivity contribution in [1.29, 1.82) is 0 Å². The van der Waals surface area contributed by atoms with Crippen LogP contribution in [0.3, 0.4) is 0 Å². The summed E-state index contributed by atoms with van der Waals surface area (Å²) >= 11 is 0. The zero-order valence-electron chi connectivity index (χ0n) is 13.6. The van der Waals surface area contributed by atoms with E-state index in [-0.39, 0.29) is 36.5 Å². The van der Waals surface area contributed by atoms with Gasteiger partial charge in [-0.3, -0.25) is 4.79 Å². The fraction of sp³-hybridized carbons (Fsp3) is 0.588. The molecule has 1 heterocycles. The van der Waals surface area contributed by atoms with Crippen molar-refractivity contribution in [2.24, 2.45) is 0 Å². The lowest BCUT2D eigenvalue weighted by Gasteiger charge is -2.24. The zero-order valence-corrected chi connectivity index (χ0v) is 14.4. The Bertz CT molecular complexity index is 456. The molecule has 2 unspecified atom stereocenters. The van der Waals surface area contributed by atoms with Gasteiger partial charge in [0.25, 0.3) is 0 Å². The van der Waals surface area contributed by atoms with E-state index in [9.17, 15) is 4.79 Å². The van der Waals surface area contributed by atoms with E-state index in [1.165, 1.54) is 0 Å². The van der Waals surface area contributed by atoms with Gasteiger partial charge in [-0.15, -0.1) is 12.4 Å². The number of piperidine rings is 1. The van der Waals surface area contributed by atoms with Crippen LogP contribution in [0.4, 0.5) is 0 Å². The lowest BCUT2D eigenvalue weighted by Crippen LogP contribution is -2.47. The minimum atomic E-state index is -0.0373. The maximum absolute atomic E-state index is 12.2. The molecule has 1 fully saturated rings. The Balaban J connectivity index is 0.00000242. The molecule has 1 aliphatic heterocycles. The third-order valence-electron chi connectivity index (χ3n) is 3.74. The van der Waals surface area contributed by atoms with Gasteiger partial charge in [0.05, 0.1) is 18.2 Å². The molecule has 124 valence electrons. The molecule has 0 spiro atoms. The molecule has 0 radical (unpaired) electrons. The van der Waals surface area contributed by atoms with Crippen molar-refractivity contribution in [3.63, 3.8) is 0 Å². The van der Waals surface area contributed by atoms with Gasteiger partial charge in [-0.2, -0.15) is 0 Å². The maximum atomic E-state index is 12.2. The van der Waals surface area contributed by atoms with Crippen LogP contribution in [0.5, 0.6) is 5.75 Å². The summed E-state index contributed by atoms with van der Waals surface area (Å²) in [6.07, 6.45) is 3.39. The average Bonchev–Trinajstić information content (AvgIpc) is 2.48. The van der Waals surface area contributed by atoms with Crippen LogP contribution in [-0.2, 0) is 4.79 Å². The van der Waals surface area contributed by atoms with Gasteiger partial charge in [0.1, 0.15) is 5.75 Å². The second-order valence-corrected chi connectivity index (χ2v) is 5.97. The molecular formula is C17H27ClN2O2. The van der Waals surface area contributed by atoms with E-state index in [1.807, 2.05) is 45.0 Å². The molecule has 0 aliphatic carbocycles. The molecule has 5 heteroatoms. The third-order valence-corrected chi connectivity index (χ3v) is 3.74. The van der Waals surface area contributed by atoms with Crippen LogP contribution in [0.25, 0.3) is 0 Å². The highest BCUT2D eigenvalue weighted by molar-refractivity contribution is 5.85. The van der Waals surface area contributed by atoms with Crippen molar-refractivity contribution in [2.75, 3.05) is 6.54 Å². The summed E-state index contributed by atoms with van der Waals surface area (Å²) in [4.78, 5) is 12.2.